The molecule has 8 heteroatoms. The zero-order valence-electron chi connectivity index (χ0n) is 11.3. The molecule has 2 aromatic rings. The van der Waals surface area contributed by atoms with Crippen LogP contribution >= 0.6 is 0 Å². The van der Waals surface area contributed by atoms with Gasteiger partial charge in [0.2, 0.25) is 10.0 Å². The van der Waals surface area contributed by atoms with Crippen LogP contribution in [0.15, 0.2) is 40.1 Å². The first-order chi connectivity index (χ1) is 9.57. The first-order valence-corrected chi connectivity index (χ1v) is 7.77. The smallest absolute Gasteiger partial charge is 0.246 e. The lowest BCUT2D eigenvalue weighted by molar-refractivity contribution is 0.375. The highest BCUT2D eigenvalue weighted by Crippen LogP contribution is 2.17. The zero-order valence-corrected chi connectivity index (χ0v) is 12.1. The molecule has 2 heterocycles. The van der Waals surface area contributed by atoms with Gasteiger partial charge in [-0.25, -0.2) is 8.42 Å². The van der Waals surface area contributed by atoms with Gasteiger partial charge in [0, 0.05) is 19.3 Å². The van der Waals surface area contributed by atoms with Crippen molar-refractivity contribution in [1.82, 2.24) is 14.1 Å². The van der Waals surface area contributed by atoms with Crippen molar-refractivity contribution in [3.63, 3.8) is 0 Å². The standard InChI is InChI=1S/C12H18N4O3S/c1-2-16(9-11-4-3-7-19-11)20(17,18)12-8-14-15(10-12)6-5-13/h3-4,7-8,10H,2,5-6,9,13H2,1H3. The molecular weight excluding hydrogens is 280 g/mol. The molecule has 7 nitrogen and oxygen atoms in total. The molecule has 0 aliphatic heterocycles. The molecule has 0 saturated carbocycles. The third kappa shape index (κ3) is 3.09. The maximum absolute atomic E-state index is 12.5. The van der Waals surface area contributed by atoms with Gasteiger partial charge < -0.3 is 10.2 Å². The van der Waals surface area contributed by atoms with Crippen LogP contribution in [0.4, 0.5) is 0 Å². The molecule has 2 aromatic heterocycles. The van der Waals surface area contributed by atoms with Gasteiger partial charge in [-0.05, 0) is 12.1 Å². The number of rotatable bonds is 7. The molecule has 0 spiro atoms. The Morgan fingerprint density at radius 3 is 2.90 bits per heavy atom. The number of nitrogens with two attached hydrogens (primary N) is 1. The summed E-state index contributed by atoms with van der Waals surface area (Å²) in [6.45, 7) is 3.23. The SMILES string of the molecule is CCN(Cc1ccco1)S(=O)(=O)c1cnn(CCN)c1. The molecule has 110 valence electrons. The Balaban J connectivity index is 2.21. The predicted molar refractivity (Wildman–Crippen MR) is 73.3 cm³/mol. The Hall–Kier alpha value is -1.64. The molecule has 0 aliphatic rings. The van der Waals surface area contributed by atoms with Crippen LogP contribution in [0.3, 0.4) is 0 Å². The lowest BCUT2D eigenvalue weighted by Crippen LogP contribution is -2.30. The summed E-state index contributed by atoms with van der Waals surface area (Å²) in [7, 11) is -3.58. The molecule has 0 fully saturated rings. The van der Waals surface area contributed by atoms with Gasteiger partial charge >= 0.3 is 0 Å². The van der Waals surface area contributed by atoms with E-state index in [2.05, 4.69) is 5.10 Å². The van der Waals surface area contributed by atoms with Gasteiger partial charge in [-0.15, -0.1) is 0 Å². The summed E-state index contributed by atoms with van der Waals surface area (Å²) in [5.41, 5.74) is 5.42. The first-order valence-electron chi connectivity index (χ1n) is 6.33. The van der Waals surface area contributed by atoms with E-state index in [1.165, 1.54) is 27.6 Å². The van der Waals surface area contributed by atoms with Crippen LogP contribution < -0.4 is 5.73 Å². The van der Waals surface area contributed by atoms with Gasteiger partial charge in [0.15, 0.2) is 0 Å². The largest absolute Gasteiger partial charge is 0.468 e. The fourth-order valence-corrected chi connectivity index (χ4v) is 3.20. The predicted octanol–water partition coefficient (Wildman–Crippen LogP) is 0.646. The summed E-state index contributed by atoms with van der Waals surface area (Å²) in [6, 6.07) is 3.48. The Morgan fingerprint density at radius 1 is 1.50 bits per heavy atom. The van der Waals surface area contributed by atoms with Crippen molar-refractivity contribution >= 4 is 10.0 Å². The summed E-state index contributed by atoms with van der Waals surface area (Å²) < 4.78 is 33.1. The molecule has 0 aromatic carbocycles. The number of aromatic nitrogens is 2. The fourth-order valence-electron chi connectivity index (χ4n) is 1.82. The molecule has 0 bridgehead atoms. The van der Waals surface area contributed by atoms with Crippen LogP contribution in [-0.4, -0.2) is 35.6 Å². The van der Waals surface area contributed by atoms with Gasteiger partial charge in [-0.1, -0.05) is 6.92 Å². The summed E-state index contributed by atoms with van der Waals surface area (Å²) in [4.78, 5) is 0.166. The zero-order chi connectivity index (χ0) is 14.6. The Labute approximate surface area is 118 Å². The molecule has 2 N–H and O–H groups in total. The number of sulfonamides is 1. The fraction of sp³-hybridized carbons (Fsp3) is 0.417. The Kier molecular flexibility index (Phi) is 4.58. The van der Waals surface area contributed by atoms with Gasteiger partial charge in [0.05, 0.1) is 25.5 Å². The van der Waals surface area contributed by atoms with Crippen molar-refractivity contribution in [2.45, 2.75) is 24.9 Å². The Bertz CT molecular complexity index is 633. The average molecular weight is 298 g/mol. The number of hydrogen-bond acceptors (Lipinski definition) is 5. The summed E-state index contributed by atoms with van der Waals surface area (Å²) in [6.07, 6.45) is 4.36. The highest BCUT2D eigenvalue weighted by molar-refractivity contribution is 7.89. The number of nitrogens with zero attached hydrogens (tertiary/aromatic N) is 3. The lowest BCUT2D eigenvalue weighted by atomic mass is 10.4. The van der Waals surface area contributed by atoms with Crippen LogP contribution in [0.25, 0.3) is 0 Å². The van der Waals surface area contributed by atoms with E-state index >= 15 is 0 Å². The minimum absolute atomic E-state index is 0.166. The normalized spacial score (nSPS) is 12.2. The Morgan fingerprint density at radius 2 is 2.30 bits per heavy atom. The van der Waals surface area contributed by atoms with Crippen molar-refractivity contribution in [2.75, 3.05) is 13.1 Å². The first kappa shape index (κ1) is 14.8. The van der Waals surface area contributed by atoms with E-state index in [-0.39, 0.29) is 11.4 Å². The van der Waals surface area contributed by atoms with Crippen LogP contribution in [-0.2, 0) is 23.1 Å². The summed E-state index contributed by atoms with van der Waals surface area (Å²) in [5.74, 6) is 0.602. The highest BCUT2D eigenvalue weighted by atomic mass is 32.2. The maximum Gasteiger partial charge on any atom is 0.246 e. The van der Waals surface area contributed by atoms with E-state index in [1.54, 1.807) is 19.1 Å². The van der Waals surface area contributed by atoms with Crippen LogP contribution in [0, 0.1) is 0 Å². The molecular formula is C12H18N4O3S. The van der Waals surface area contributed by atoms with Crippen molar-refractivity contribution < 1.29 is 12.8 Å². The quantitative estimate of drug-likeness (QED) is 0.809. The monoisotopic (exact) mass is 298 g/mol. The van der Waals surface area contributed by atoms with Crippen LogP contribution in [0.1, 0.15) is 12.7 Å². The summed E-state index contributed by atoms with van der Waals surface area (Å²) >= 11 is 0. The van der Waals surface area contributed by atoms with Crippen molar-refractivity contribution in [3.05, 3.63) is 36.5 Å². The van der Waals surface area contributed by atoms with Crippen molar-refractivity contribution in [2.24, 2.45) is 5.73 Å². The second-order valence-corrected chi connectivity index (χ2v) is 6.18. The lowest BCUT2D eigenvalue weighted by Gasteiger charge is -2.18. The van der Waals surface area contributed by atoms with Gasteiger partial charge in [-0.2, -0.15) is 9.40 Å². The minimum Gasteiger partial charge on any atom is -0.468 e. The second kappa shape index (κ2) is 6.21. The minimum atomic E-state index is -3.58. The molecule has 20 heavy (non-hydrogen) atoms. The summed E-state index contributed by atoms with van der Waals surface area (Å²) in [5, 5.41) is 3.99. The third-order valence-corrected chi connectivity index (χ3v) is 4.74. The molecule has 0 amide bonds. The van der Waals surface area contributed by atoms with Crippen LogP contribution in [0.5, 0.6) is 0 Å². The number of hydrogen-bond donors (Lipinski definition) is 1. The van der Waals surface area contributed by atoms with E-state index in [9.17, 15) is 8.42 Å². The average Bonchev–Trinajstić information content (AvgIpc) is 3.07. The van der Waals surface area contributed by atoms with E-state index < -0.39 is 10.0 Å². The van der Waals surface area contributed by atoms with E-state index in [0.29, 0.717) is 25.4 Å². The molecule has 2 rings (SSSR count). The van der Waals surface area contributed by atoms with Gasteiger partial charge in [0.1, 0.15) is 10.7 Å². The topological polar surface area (TPSA) is 94.4 Å². The maximum atomic E-state index is 12.5. The molecule has 0 aliphatic carbocycles. The second-order valence-electron chi connectivity index (χ2n) is 4.24. The van der Waals surface area contributed by atoms with E-state index in [1.807, 2.05) is 0 Å². The van der Waals surface area contributed by atoms with Gasteiger partial charge in [0.25, 0.3) is 0 Å². The highest BCUT2D eigenvalue weighted by Gasteiger charge is 2.25. The third-order valence-electron chi connectivity index (χ3n) is 2.87. The van der Waals surface area contributed by atoms with E-state index in [0.717, 1.165) is 0 Å². The van der Waals surface area contributed by atoms with Crippen LogP contribution in [0.2, 0.25) is 0 Å². The number of furan rings is 1. The molecule has 0 saturated heterocycles. The molecule has 0 radical (unpaired) electrons. The van der Waals surface area contributed by atoms with Gasteiger partial charge in [-0.3, -0.25) is 4.68 Å². The molecule has 0 unspecified atom stereocenters. The van der Waals surface area contributed by atoms with Crippen molar-refractivity contribution in [3.8, 4) is 0 Å². The van der Waals surface area contributed by atoms with Crippen molar-refractivity contribution in [1.29, 1.82) is 0 Å². The van der Waals surface area contributed by atoms with E-state index in [4.69, 9.17) is 10.2 Å². The molecule has 0 atom stereocenters.